The summed E-state index contributed by atoms with van der Waals surface area (Å²) in [5.41, 5.74) is 6.93. The second-order valence-electron chi connectivity index (χ2n) is 4.82. The molecular formula is C14H18ClN3OS. The molecule has 0 unspecified atom stereocenters. The van der Waals surface area contributed by atoms with E-state index in [1.54, 1.807) is 0 Å². The minimum atomic E-state index is 0.0566. The van der Waals surface area contributed by atoms with E-state index in [1.165, 1.54) is 11.5 Å². The van der Waals surface area contributed by atoms with Gasteiger partial charge in [0.1, 0.15) is 0 Å². The quantitative estimate of drug-likeness (QED) is 0.912. The van der Waals surface area contributed by atoms with Crippen LogP contribution < -0.4 is 15.4 Å². The maximum absolute atomic E-state index is 6.19. The van der Waals surface area contributed by atoms with Crippen LogP contribution in [0.3, 0.4) is 0 Å². The highest BCUT2D eigenvalue weighted by Gasteiger charge is 2.18. The number of nitrogen functional groups attached to an aromatic ring is 1. The molecule has 0 fully saturated rings. The summed E-state index contributed by atoms with van der Waals surface area (Å²) < 4.78 is 9.93. The van der Waals surface area contributed by atoms with Gasteiger partial charge in [-0.2, -0.15) is 4.37 Å². The zero-order chi connectivity index (χ0) is 14.7. The zero-order valence-corrected chi connectivity index (χ0v) is 13.3. The Kier molecular flexibility index (Phi) is 4.73. The molecule has 2 N–H and O–H groups in total. The third-order valence-electron chi connectivity index (χ3n) is 2.72. The molecule has 0 saturated heterocycles. The van der Waals surface area contributed by atoms with E-state index in [2.05, 4.69) is 4.37 Å². The van der Waals surface area contributed by atoms with Crippen molar-refractivity contribution in [1.29, 1.82) is 0 Å². The van der Waals surface area contributed by atoms with Gasteiger partial charge in [-0.05, 0) is 37.0 Å². The van der Waals surface area contributed by atoms with Crippen molar-refractivity contribution in [3.8, 4) is 5.75 Å². The molecular weight excluding hydrogens is 294 g/mol. The number of nitrogens with zero attached hydrogens (tertiary/aromatic N) is 2. The molecule has 0 bridgehead atoms. The second-order valence-corrected chi connectivity index (χ2v) is 5.98. The van der Waals surface area contributed by atoms with Gasteiger partial charge in [0.2, 0.25) is 0 Å². The van der Waals surface area contributed by atoms with E-state index in [4.69, 9.17) is 22.1 Å². The first-order valence-corrected chi connectivity index (χ1v) is 7.50. The minimum Gasteiger partial charge on any atom is -0.484 e. The Morgan fingerprint density at radius 3 is 2.75 bits per heavy atom. The highest BCUT2D eigenvalue weighted by Crippen LogP contribution is 2.39. The van der Waals surface area contributed by atoms with Crippen molar-refractivity contribution in [2.75, 3.05) is 17.7 Å². The predicted octanol–water partition coefficient (Wildman–Crippen LogP) is 3.80. The van der Waals surface area contributed by atoms with Gasteiger partial charge in [0.15, 0.2) is 16.6 Å². The molecule has 0 amide bonds. The Labute approximate surface area is 128 Å². The summed E-state index contributed by atoms with van der Waals surface area (Å²) in [6, 6.07) is 7.79. The minimum absolute atomic E-state index is 0.0566. The smallest absolute Gasteiger partial charge is 0.198 e. The van der Waals surface area contributed by atoms with Crippen LogP contribution in [-0.4, -0.2) is 17.5 Å². The van der Waals surface area contributed by atoms with Crippen LogP contribution in [0.2, 0.25) is 5.02 Å². The fraction of sp³-hybridized carbons (Fsp3) is 0.357. The van der Waals surface area contributed by atoms with Gasteiger partial charge in [-0.25, -0.2) is 0 Å². The largest absolute Gasteiger partial charge is 0.484 e. The average Bonchev–Trinajstić information content (AvgIpc) is 2.73. The van der Waals surface area contributed by atoms with Crippen LogP contribution in [-0.2, 0) is 6.54 Å². The Bertz CT molecular complexity index is 586. The number of nitrogens with two attached hydrogens (primary N) is 1. The lowest BCUT2D eigenvalue weighted by atomic mass is 10.2. The first kappa shape index (κ1) is 14.9. The number of hydrogen-bond donors (Lipinski definition) is 1. The van der Waals surface area contributed by atoms with Gasteiger partial charge in [-0.15, -0.1) is 0 Å². The average molecular weight is 312 g/mol. The van der Waals surface area contributed by atoms with E-state index >= 15 is 0 Å². The van der Waals surface area contributed by atoms with Crippen LogP contribution in [0.5, 0.6) is 5.75 Å². The highest BCUT2D eigenvalue weighted by atomic mass is 35.5. The van der Waals surface area contributed by atoms with Crippen LogP contribution in [0, 0.1) is 0 Å². The lowest BCUT2D eigenvalue weighted by Crippen LogP contribution is -2.17. The molecule has 2 aromatic rings. The third kappa shape index (κ3) is 3.35. The molecule has 1 heterocycles. The molecule has 0 aliphatic heterocycles. The van der Waals surface area contributed by atoms with Gasteiger partial charge in [0.05, 0.1) is 6.10 Å². The number of hydrogen-bond acceptors (Lipinski definition) is 5. The Morgan fingerprint density at radius 2 is 2.10 bits per heavy atom. The van der Waals surface area contributed by atoms with Crippen LogP contribution in [0.4, 0.5) is 10.8 Å². The van der Waals surface area contributed by atoms with Crippen molar-refractivity contribution in [3.05, 3.63) is 34.9 Å². The lowest BCUT2D eigenvalue weighted by Gasteiger charge is -2.20. The third-order valence-corrected chi connectivity index (χ3v) is 4.05. The molecule has 0 aliphatic carbocycles. The van der Waals surface area contributed by atoms with Crippen molar-refractivity contribution in [2.24, 2.45) is 0 Å². The van der Waals surface area contributed by atoms with Gasteiger partial charge < -0.3 is 15.4 Å². The Morgan fingerprint density at radius 1 is 1.40 bits per heavy atom. The van der Waals surface area contributed by atoms with Gasteiger partial charge in [-0.3, -0.25) is 0 Å². The van der Waals surface area contributed by atoms with Crippen molar-refractivity contribution in [3.63, 3.8) is 0 Å². The van der Waals surface area contributed by atoms with Gasteiger partial charge in [-0.1, -0.05) is 29.8 Å². The number of anilines is 2. The molecule has 0 spiro atoms. The SMILES string of the molecule is CC(C)Oc1c(N)nsc1N(C)Cc1ccccc1Cl. The summed E-state index contributed by atoms with van der Waals surface area (Å²) in [6.45, 7) is 4.61. The molecule has 1 aromatic carbocycles. The monoisotopic (exact) mass is 311 g/mol. The number of rotatable bonds is 5. The summed E-state index contributed by atoms with van der Waals surface area (Å²) in [5.74, 6) is 1.09. The topological polar surface area (TPSA) is 51.4 Å². The van der Waals surface area contributed by atoms with Crippen molar-refractivity contribution < 1.29 is 4.74 Å². The standard InChI is InChI=1S/C14H18ClN3OS/c1-9(2)19-12-13(16)17-20-14(12)18(3)8-10-6-4-5-7-11(10)15/h4-7,9H,8H2,1-3H3,(H2,16,17). The summed E-state index contributed by atoms with van der Waals surface area (Å²) in [7, 11) is 1.98. The summed E-state index contributed by atoms with van der Waals surface area (Å²) >= 11 is 7.52. The van der Waals surface area contributed by atoms with E-state index < -0.39 is 0 Å². The highest BCUT2D eigenvalue weighted by molar-refractivity contribution is 7.11. The normalized spacial score (nSPS) is 10.8. The van der Waals surface area contributed by atoms with Crippen LogP contribution in [0.15, 0.2) is 24.3 Å². The maximum Gasteiger partial charge on any atom is 0.198 e. The molecule has 2 rings (SSSR count). The molecule has 0 radical (unpaired) electrons. The van der Waals surface area contributed by atoms with Crippen LogP contribution >= 0.6 is 23.1 Å². The zero-order valence-electron chi connectivity index (χ0n) is 11.8. The Balaban J connectivity index is 2.21. The van der Waals surface area contributed by atoms with Crippen molar-refractivity contribution >= 4 is 34.0 Å². The van der Waals surface area contributed by atoms with Gasteiger partial charge >= 0.3 is 0 Å². The molecule has 4 nitrogen and oxygen atoms in total. The molecule has 0 atom stereocenters. The first-order valence-electron chi connectivity index (χ1n) is 6.35. The molecule has 1 aromatic heterocycles. The van der Waals surface area contributed by atoms with Crippen LogP contribution in [0.25, 0.3) is 0 Å². The van der Waals surface area contributed by atoms with E-state index in [-0.39, 0.29) is 6.10 Å². The van der Waals surface area contributed by atoms with E-state index in [9.17, 15) is 0 Å². The summed E-state index contributed by atoms with van der Waals surface area (Å²) in [6.07, 6.45) is 0.0566. The fourth-order valence-corrected chi connectivity index (χ4v) is 2.73. The number of aromatic nitrogens is 1. The van der Waals surface area contributed by atoms with E-state index in [1.807, 2.05) is 50.1 Å². The van der Waals surface area contributed by atoms with E-state index in [0.717, 1.165) is 15.6 Å². The molecule has 20 heavy (non-hydrogen) atoms. The first-order chi connectivity index (χ1) is 9.49. The number of ether oxygens (including phenoxy) is 1. The van der Waals surface area contributed by atoms with Gasteiger partial charge in [0.25, 0.3) is 0 Å². The molecule has 108 valence electrons. The molecule has 6 heteroatoms. The second kappa shape index (κ2) is 6.33. The lowest BCUT2D eigenvalue weighted by molar-refractivity contribution is 0.245. The summed E-state index contributed by atoms with van der Waals surface area (Å²) in [5, 5.41) is 1.67. The molecule has 0 saturated carbocycles. The molecule has 0 aliphatic rings. The van der Waals surface area contributed by atoms with Gasteiger partial charge in [0, 0.05) is 18.6 Å². The van der Waals surface area contributed by atoms with Crippen LogP contribution in [0.1, 0.15) is 19.4 Å². The number of halogens is 1. The fourth-order valence-electron chi connectivity index (χ4n) is 1.83. The maximum atomic E-state index is 6.19. The summed E-state index contributed by atoms with van der Waals surface area (Å²) in [4.78, 5) is 2.05. The van der Waals surface area contributed by atoms with E-state index in [0.29, 0.717) is 18.1 Å². The Hall–Kier alpha value is -1.46. The number of benzene rings is 1. The van der Waals surface area contributed by atoms with Crippen molar-refractivity contribution in [2.45, 2.75) is 26.5 Å². The van der Waals surface area contributed by atoms with Crippen molar-refractivity contribution in [1.82, 2.24) is 4.37 Å². The predicted molar refractivity (Wildman–Crippen MR) is 85.8 cm³/mol.